The van der Waals surface area contributed by atoms with Crippen LogP contribution >= 0.6 is 31.9 Å². The van der Waals surface area contributed by atoms with Gasteiger partial charge in [-0.25, -0.2) is 0 Å². The van der Waals surface area contributed by atoms with Crippen molar-refractivity contribution in [3.8, 4) is 0 Å². The maximum atomic E-state index is 5.92. The zero-order valence-electron chi connectivity index (χ0n) is 10.1. The number of nitrogens with zero attached hydrogens (tertiary/aromatic N) is 4. The second kappa shape index (κ2) is 5.35. The second-order valence-electron chi connectivity index (χ2n) is 4.43. The summed E-state index contributed by atoms with van der Waals surface area (Å²) in [7, 11) is 0. The molecule has 8 heteroatoms. The molecule has 19 heavy (non-hydrogen) atoms. The molecule has 1 aliphatic heterocycles. The average Bonchev–Trinajstić information content (AvgIpc) is 2.98. The first-order chi connectivity index (χ1) is 9.19. The maximum Gasteiger partial charge on any atom is 0.183 e. The van der Waals surface area contributed by atoms with Gasteiger partial charge in [0.05, 0.1) is 17.1 Å². The van der Waals surface area contributed by atoms with Crippen molar-refractivity contribution in [1.82, 2.24) is 19.7 Å². The summed E-state index contributed by atoms with van der Waals surface area (Å²) >= 11 is 6.79. The highest BCUT2D eigenvalue weighted by molar-refractivity contribution is 9.13. The van der Waals surface area contributed by atoms with Gasteiger partial charge in [0.25, 0.3) is 0 Å². The van der Waals surface area contributed by atoms with Gasteiger partial charge in [-0.2, -0.15) is 0 Å². The van der Waals surface area contributed by atoms with Crippen molar-refractivity contribution in [2.75, 3.05) is 13.1 Å². The Bertz CT molecular complexity index is 562. The lowest BCUT2D eigenvalue weighted by atomic mass is 10.1. The normalized spacial score (nSPS) is 17.4. The molecule has 1 aliphatic rings. The van der Waals surface area contributed by atoms with Crippen molar-refractivity contribution in [3.63, 3.8) is 0 Å². The highest BCUT2D eigenvalue weighted by atomic mass is 79.9. The molecule has 0 radical (unpaired) electrons. The lowest BCUT2D eigenvalue weighted by Crippen LogP contribution is -2.39. The molecule has 0 spiro atoms. The maximum absolute atomic E-state index is 5.92. The average molecular weight is 391 g/mol. The van der Waals surface area contributed by atoms with Crippen LogP contribution in [0.25, 0.3) is 0 Å². The molecule has 2 aromatic heterocycles. The molecule has 0 aliphatic carbocycles. The summed E-state index contributed by atoms with van der Waals surface area (Å²) in [6.07, 6.45) is 1.77. The van der Waals surface area contributed by atoms with Crippen molar-refractivity contribution in [2.45, 2.75) is 19.1 Å². The summed E-state index contributed by atoms with van der Waals surface area (Å²) < 4.78 is 9.36. The number of furan rings is 1. The summed E-state index contributed by atoms with van der Waals surface area (Å²) in [4.78, 5) is 2.27. The fraction of sp³-hybridized carbons (Fsp3) is 0.455. The fourth-order valence-electron chi connectivity index (χ4n) is 2.32. The highest BCUT2D eigenvalue weighted by Crippen LogP contribution is 2.33. The lowest BCUT2D eigenvalue weighted by Gasteiger charge is -2.32. The van der Waals surface area contributed by atoms with E-state index in [1.807, 2.05) is 6.07 Å². The zero-order valence-corrected chi connectivity index (χ0v) is 13.3. The fourth-order valence-corrected chi connectivity index (χ4v) is 2.93. The van der Waals surface area contributed by atoms with Crippen LogP contribution in [-0.4, -0.2) is 32.8 Å². The van der Waals surface area contributed by atoms with Gasteiger partial charge in [0, 0.05) is 19.6 Å². The molecule has 0 fully saturated rings. The Kier molecular flexibility index (Phi) is 3.75. The number of aromatic nitrogens is 3. The van der Waals surface area contributed by atoms with E-state index < -0.39 is 0 Å². The summed E-state index contributed by atoms with van der Waals surface area (Å²) in [6, 6.07) is 2.01. The molecule has 2 aromatic rings. The Balaban J connectivity index is 1.84. The first kappa shape index (κ1) is 13.3. The summed E-state index contributed by atoms with van der Waals surface area (Å²) in [5.41, 5.74) is 5.92. The predicted octanol–water partition coefficient (Wildman–Crippen LogP) is 1.91. The van der Waals surface area contributed by atoms with Crippen LogP contribution in [0.15, 0.2) is 26.0 Å². The van der Waals surface area contributed by atoms with E-state index in [2.05, 4.69) is 51.5 Å². The van der Waals surface area contributed by atoms with Crippen molar-refractivity contribution >= 4 is 31.9 Å². The minimum absolute atomic E-state index is 0.0491. The third-order valence-corrected chi connectivity index (χ3v) is 5.04. The quantitative estimate of drug-likeness (QED) is 0.866. The van der Waals surface area contributed by atoms with E-state index in [9.17, 15) is 0 Å². The molecular weight excluding hydrogens is 378 g/mol. The molecule has 6 nitrogen and oxygen atoms in total. The van der Waals surface area contributed by atoms with Crippen LogP contribution in [0.5, 0.6) is 0 Å². The number of hydrogen-bond donors (Lipinski definition) is 1. The largest absolute Gasteiger partial charge is 0.451 e. The summed E-state index contributed by atoms with van der Waals surface area (Å²) in [5, 5.41) is 8.05. The van der Waals surface area contributed by atoms with Crippen LogP contribution in [0.1, 0.15) is 17.6 Å². The van der Waals surface area contributed by atoms with Crippen LogP contribution < -0.4 is 5.73 Å². The van der Waals surface area contributed by atoms with Gasteiger partial charge in [-0.15, -0.1) is 10.2 Å². The Morgan fingerprint density at radius 1 is 1.42 bits per heavy atom. The SMILES string of the molecule is NCC(c1cc(Br)c(Br)o1)N1CCn2cnnc2C1. The minimum atomic E-state index is 0.0491. The molecule has 3 heterocycles. The molecule has 0 bridgehead atoms. The second-order valence-corrected chi connectivity index (χ2v) is 6.01. The van der Waals surface area contributed by atoms with Crippen molar-refractivity contribution < 1.29 is 4.42 Å². The van der Waals surface area contributed by atoms with Gasteiger partial charge in [-0.3, -0.25) is 4.90 Å². The topological polar surface area (TPSA) is 73.1 Å². The number of hydrogen-bond acceptors (Lipinski definition) is 5. The smallest absolute Gasteiger partial charge is 0.183 e. The monoisotopic (exact) mass is 389 g/mol. The molecular formula is C11H13Br2N5O. The first-order valence-corrected chi connectivity index (χ1v) is 7.53. The molecule has 0 saturated carbocycles. The Morgan fingerprint density at radius 2 is 2.26 bits per heavy atom. The number of rotatable bonds is 3. The standard InChI is InChI=1S/C11H13Br2N5O/c12-7-3-9(19-11(7)13)8(4-14)17-1-2-18-6-15-16-10(18)5-17/h3,6,8H,1-2,4-5,14H2. The van der Waals surface area contributed by atoms with E-state index >= 15 is 0 Å². The Morgan fingerprint density at radius 3 is 2.95 bits per heavy atom. The molecule has 3 rings (SSSR count). The lowest BCUT2D eigenvalue weighted by molar-refractivity contribution is 0.138. The molecule has 2 N–H and O–H groups in total. The number of nitrogens with two attached hydrogens (primary N) is 1. The first-order valence-electron chi connectivity index (χ1n) is 5.94. The van der Waals surface area contributed by atoms with Gasteiger partial charge < -0.3 is 14.7 Å². The van der Waals surface area contributed by atoms with E-state index in [4.69, 9.17) is 10.2 Å². The van der Waals surface area contributed by atoms with E-state index in [1.165, 1.54) is 0 Å². The van der Waals surface area contributed by atoms with E-state index in [1.54, 1.807) is 6.33 Å². The van der Waals surface area contributed by atoms with Gasteiger partial charge >= 0.3 is 0 Å². The predicted molar refractivity (Wildman–Crippen MR) is 76.3 cm³/mol. The minimum Gasteiger partial charge on any atom is -0.451 e. The Hall–Kier alpha value is -0.700. The zero-order chi connectivity index (χ0) is 13.4. The molecule has 1 unspecified atom stereocenters. The van der Waals surface area contributed by atoms with Gasteiger partial charge in [0.1, 0.15) is 17.9 Å². The summed E-state index contributed by atoms with van der Waals surface area (Å²) in [5.74, 6) is 1.82. The van der Waals surface area contributed by atoms with Crippen LogP contribution in [0.2, 0.25) is 0 Å². The van der Waals surface area contributed by atoms with Crippen LogP contribution in [-0.2, 0) is 13.1 Å². The van der Waals surface area contributed by atoms with Crippen molar-refractivity contribution in [1.29, 1.82) is 0 Å². The van der Waals surface area contributed by atoms with Crippen LogP contribution in [0, 0.1) is 0 Å². The van der Waals surface area contributed by atoms with E-state index in [0.29, 0.717) is 11.2 Å². The number of halogens is 2. The molecule has 0 aromatic carbocycles. The molecule has 0 saturated heterocycles. The number of fused-ring (bicyclic) bond motifs is 1. The van der Waals surface area contributed by atoms with Crippen LogP contribution in [0.3, 0.4) is 0 Å². The van der Waals surface area contributed by atoms with Gasteiger partial charge in [0.2, 0.25) is 0 Å². The van der Waals surface area contributed by atoms with Crippen LogP contribution in [0.4, 0.5) is 0 Å². The highest BCUT2D eigenvalue weighted by Gasteiger charge is 2.27. The van der Waals surface area contributed by atoms with Crippen molar-refractivity contribution in [2.24, 2.45) is 5.73 Å². The third kappa shape index (κ3) is 2.49. The molecule has 102 valence electrons. The third-order valence-electron chi connectivity index (χ3n) is 3.33. The van der Waals surface area contributed by atoms with E-state index in [0.717, 1.165) is 35.7 Å². The van der Waals surface area contributed by atoms with Gasteiger partial charge in [-0.05, 0) is 37.9 Å². The van der Waals surface area contributed by atoms with E-state index in [-0.39, 0.29) is 6.04 Å². The molecule has 0 amide bonds. The van der Waals surface area contributed by atoms with Gasteiger partial charge in [-0.1, -0.05) is 0 Å². The van der Waals surface area contributed by atoms with Crippen molar-refractivity contribution in [3.05, 3.63) is 33.1 Å². The summed E-state index contributed by atoms with van der Waals surface area (Å²) in [6.45, 7) is 3.02. The van der Waals surface area contributed by atoms with Gasteiger partial charge in [0.15, 0.2) is 4.67 Å². The Labute approximate surface area is 127 Å². The molecule has 1 atom stereocenters.